The van der Waals surface area contributed by atoms with Gasteiger partial charge in [-0.05, 0) is 6.07 Å². The van der Waals surface area contributed by atoms with Crippen molar-refractivity contribution in [2.45, 2.75) is 19.6 Å². The molecule has 21 heavy (non-hydrogen) atoms. The van der Waals surface area contributed by atoms with E-state index in [-0.39, 0.29) is 5.56 Å². The van der Waals surface area contributed by atoms with Gasteiger partial charge in [0.2, 0.25) is 5.92 Å². The van der Waals surface area contributed by atoms with E-state index in [0.29, 0.717) is 0 Å². The standard InChI is InChI=1S/C13H11NO7/c1-13(2)20-11(16)9(12(17)21-13)10(15)7-5-3-4-6-8(7)14(18)19/h3-6,9H,1-2H3. The molecule has 0 amide bonds. The Morgan fingerprint density at radius 2 is 1.71 bits per heavy atom. The molecule has 8 heteroatoms. The van der Waals surface area contributed by atoms with Crippen molar-refractivity contribution in [2.75, 3.05) is 0 Å². The first kappa shape index (κ1) is 14.6. The van der Waals surface area contributed by atoms with Crippen molar-refractivity contribution in [1.82, 2.24) is 0 Å². The maximum Gasteiger partial charge on any atom is 0.331 e. The second kappa shape index (κ2) is 4.97. The van der Waals surface area contributed by atoms with Gasteiger partial charge in [0, 0.05) is 19.9 Å². The van der Waals surface area contributed by atoms with Crippen LogP contribution in [0.15, 0.2) is 24.3 Å². The Balaban J connectivity index is 2.39. The molecule has 1 fully saturated rings. The van der Waals surface area contributed by atoms with Gasteiger partial charge >= 0.3 is 11.9 Å². The average molecular weight is 293 g/mol. The molecular weight excluding hydrogens is 282 g/mol. The van der Waals surface area contributed by atoms with E-state index >= 15 is 0 Å². The quantitative estimate of drug-likeness (QED) is 0.271. The zero-order valence-electron chi connectivity index (χ0n) is 11.2. The Bertz CT molecular complexity index is 630. The Labute approximate surface area is 118 Å². The lowest BCUT2D eigenvalue weighted by Crippen LogP contribution is -2.49. The van der Waals surface area contributed by atoms with Gasteiger partial charge in [-0.25, -0.2) is 0 Å². The first-order chi connectivity index (χ1) is 9.73. The molecule has 0 aliphatic carbocycles. The molecule has 0 aromatic heterocycles. The topological polar surface area (TPSA) is 113 Å². The fraction of sp³-hybridized carbons (Fsp3) is 0.308. The number of carbonyl (C=O) groups is 3. The molecule has 0 N–H and O–H groups in total. The van der Waals surface area contributed by atoms with Crippen LogP contribution in [0.25, 0.3) is 0 Å². The maximum absolute atomic E-state index is 12.3. The van der Waals surface area contributed by atoms with Crippen LogP contribution in [0.2, 0.25) is 0 Å². The number of nitro groups is 1. The SMILES string of the molecule is CC1(C)OC(=O)C(C(=O)c2ccccc2[N+](=O)[O-])C(=O)O1. The number of benzene rings is 1. The number of para-hydroxylation sites is 1. The molecule has 0 unspecified atom stereocenters. The third kappa shape index (κ3) is 2.73. The summed E-state index contributed by atoms with van der Waals surface area (Å²) in [5.41, 5.74) is -0.839. The minimum atomic E-state index is -1.85. The number of Topliss-reactive ketones (excluding diaryl/α,β-unsaturated/α-hetero) is 1. The van der Waals surface area contributed by atoms with Crippen LogP contribution in [0.3, 0.4) is 0 Å². The number of rotatable bonds is 3. The fourth-order valence-corrected chi connectivity index (χ4v) is 1.93. The number of nitro benzene ring substituents is 1. The van der Waals surface area contributed by atoms with Crippen molar-refractivity contribution < 1.29 is 28.8 Å². The molecule has 2 rings (SSSR count). The molecule has 1 aliphatic heterocycles. The molecule has 1 aromatic carbocycles. The monoisotopic (exact) mass is 293 g/mol. The van der Waals surface area contributed by atoms with Crippen molar-refractivity contribution in [3.63, 3.8) is 0 Å². The van der Waals surface area contributed by atoms with Gasteiger partial charge in [0.1, 0.15) is 0 Å². The summed E-state index contributed by atoms with van der Waals surface area (Å²) in [5, 5.41) is 10.9. The number of ketones is 1. The molecule has 0 bridgehead atoms. The van der Waals surface area contributed by atoms with E-state index < -0.39 is 40.0 Å². The van der Waals surface area contributed by atoms with Crippen molar-refractivity contribution >= 4 is 23.4 Å². The maximum atomic E-state index is 12.3. The number of hydrogen-bond donors (Lipinski definition) is 0. The molecule has 110 valence electrons. The van der Waals surface area contributed by atoms with Gasteiger partial charge in [-0.15, -0.1) is 0 Å². The normalized spacial score (nSPS) is 17.8. The lowest BCUT2D eigenvalue weighted by molar-refractivity contribution is -0.385. The van der Waals surface area contributed by atoms with E-state index in [1.54, 1.807) is 0 Å². The fourth-order valence-electron chi connectivity index (χ4n) is 1.93. The molecular formula is C13H11NO7. The van der Waals surface area contributed by atoms with Crippen LogP contribution in [-0.2, 0) is 19.1 Å². The summed E-state index contributed by atoms with van der Waals surface area (Å²) in [7, 11) is 0. The Morgan fingerprint density at radius 1 is 1.19 bits per heavy atom. The van der Waals surface area contributed by atoms with Crippen LogP contribution in [0.5, 0.6) is 0 Å². The first-order valence-electron chi connectivity index (χ1n) is 5.96. The average Bonchev–Trinajstić information content (AvgIpc) is 2.36. The van der Waals surface area contributed by atoms with Gasteiger partial charge < -0.3 is 9.47 Å². The van der Waals surface area contributed by atoms with Crippen molar-refractivity contribution in [3.8, 4) is 0 Å². The first-order valence-corrected chi connectivity index (χ1v) is 5.96. The van der Waals surface area contributed by atoms with Gasteiger partial charge in [-0.3, -0.25) is 24.5 Å². The number of carbonyl (C=O) groups excluding carboxylic acids is 3. The summed E-state index contributed by atoms with van der Waals surface area (Å²) in [6.07, 6.45) is 0. The zero-order valence-corrected chi connectivity index (χ0v) is 11.2. The zero-order chi connectivity index (χ0) is 15.8. The minimum absolute atomic E-state index is 0.346. The van der Waals surface area contributed by atoms with E-state index in [1.807, 2.05) is 0 Å². The summed E-state index contributed by atoms with van der Waals surface area (Å²) in [6.45, 7) is 2.68. The summed E-state index contributed by atoms with van der Waals surface area (Å²) < 4.78 is 9.65. The van der Waals surface area contributed by atoms with Crippen molar-refractivity contribution in [3.05, 3.63) is 39.9 Å². The largest absolute Gasteiger partial charge is 0.422 e. The third-order valence-corrected chi connectivity index (χ3v) is 2.79. The van der Waals surface area contributed by atoms with Crippen molar-refractivity contribution in [1.29, 1.82) is 0 Å². The van der Waals surface area contributed by atoms with Gasteiger partial charge in [0.25, 0.3) is 11.5 Å². The predicted octanol–water partition coefficient (Wildman–Crippen LogP) is 1.23. The number of hydrogen-bond acceptors (Lipinski definition) is 7. The van der Waals surface area contributed by atoms with Gasteiger partial charge in [-0.2, -0.15) is 0 Å². The van der Waals surface area contributed by atoms with Crippen LogP contribution >= 0.6 is 0 Å². The molecule has 0 saturated carbocycles. The molecule has 0 radical (unpaired) electrons. The molecule has 0 atom stereocenters. The van der Waals surface area contributed by atoms with Crippen LogP contribution in [0.1, 0.15) is 24.2 Å². The second-order valence-corrected chi connectivity index (χ2v) is 4.81. The summed E-state index contributed by atoms with van der Waals surface area (Å²) >= 11 is 0. The van der Waals surface area contributed by atoms with Crippen LogP contribution < -0.4 is 0 Å². The van der Waals surface area contributed by atoms with Crippen LogP contribution in [0, 0.1) is 16.0 Å². The van der Waals surface area contributed by atoms with Crippen LogP contribution in [0.4, 0.5) is 5.69 Å². The Kier molecular flexibility index (Phi) is 3.46. The predicted molar refractivity (Wildman–Crippen MR) is 67.2 cm³/mol. The van der Waals surface area contributed by atoms with E-state index in [4.69, 9.17) is 9.47 Å². The highest BCUT2D eigenvalue weighted by Crippen LogP contribution is 2.28. The highest BCUT2D eigenvalue weighted by molar-refractivity contribution is 6.22. The smallest absolute Gasteiger partial charge is 0.331 e. The van der Waals surface area contributed by atoms with E-state index in [1.165, 1.54) is 32.0 Å². The number of cyclic esters (lactones) is 2. The third-order valence-electron chi connectivity index (χ3n) is 2.79. The molecule has 1 saturated heterocycles. The van der Waals surface area contributed by atoms with E-state index in [0.717, 1.165) is 6.07 Å². The lowest BCUT2D eigenvalue weighted by Gasteiger charge is -2.32. The number of ether oxygens (including phenoxy) is 2. The minimum Gasteiger partial charge on any atom is -0.422 e. The van der Waals surface area contributed by atoms with E-state index in [9.17, 15) is 24.5 Å². The molecule has 0 spiro atoms. The van der Waals surface area contributed by atoms with Crippen molar-refractivity contribution in [2.24, 2.45) is 5.92 Å². The molecule has 8 nitrogen and oxygen atoms in total. The molecule has 1 heterocycles. The van der Waals surface area contributed by atoms with Gasteiger partial charge in [0.15, 0.2) is 5.78 Å². The highest BCUT2D eigenvalue weighted by atomic mass is 16.7. The summed E-state index contributed by atoms with van der Waals surface area (Å²) in [4.78, 5) is 46.0. The van der Waals surface area contributed by atoms with Gasteiger partial charge in [0.05, 0.1) is 10.5 Å². The van der Waals surface area contributed by atoms with Crippen LogP contribution in [-0.4, -0.2) is 28.4 Å². The Hall–Kier alpha value is -2.77. The number of esters is 2. The van der Waals surface area contributed by atoms with Gasteiger partial charge in [-0.1, -0.05) is 12.1 Å². The second-order valence-electron chi connectivity index (χ2n) is 4.81. The molecule has 1 aromatic rings. The lowest BCUT2D eigenvalue weighted by atomic mass is 9.95. The summed E-state index contributed by atoms with van der Waals surface area (Å²) in [5.74, 6) is -6.50. The van der Waals surface area contributed by atoms with E-state index in [2.05, 4.69) is 0 Å². The Morgan fingerprint density at radius 3 is 2.24 bits per heavy atom. The molecule has 1 aliphatic rings. The number of nitrogens with zero attached hydrogens (tertiary/aromatic N) is 1. The summed E-state index contributed by atoms with van der Waals surface area (Å²) in [6, 6.07) is 5.04. The highest BCUT2D eigenvalue weighted by Gasteiger charge is 2.48.